The van der Waals surface area contributed by atoms with Gasteiger partial charge in [-0.3, -0.25) is 0 Å². The Morgan fingerprint density at radius 1 is 1.17 bits per heavy atom. The minimum atomic E-state index is -0.749. The fraction of sp³-hybridized carbons (Fsp3) is 0.650. The molecule has 0 fully saturated rings. The van der Waals surface area contributed by atoms with Crippen molar-refractivity contribution in [1.82, 2.24) is 5.32 Å². The SMILES string of the molecule is CNCC1=C(c2sc3c(c2C(=O)O)CC(C)(C)CC3)CC(C)(C)C1. The molecule has 2 aliphatic rings. The van der Waals surface area contributed by atoms with Gasteiger partial charge < -0.3 is 10.4 Å². The van der Waals surface area contributed by atoms with Gasteiger partial charge in [-0.25, -0.2) is 4.79 Å². The Balaban J connectivity index is 2.13. The van der Waals surface area contributed by atoms with E-state index in [1.54, 1.807) is 11.3 Å². The summed E-state index contributed by atoms with van der Waals surface area (Å²) in [5, 5.41) is 13.2. The van der Waals surface area contributed by atoms with Crippen LogP contribution in [0.5, 0.6) is 0 Å². The third-order valence-corrected chi connectivity index (χ3v) is 6.78. The number of carboxylic acid groups (broad SMARTS) is 1. The molecule has 4 heteroatoms. The Labute approximate surface area is 149 Å². The maximum atomic E-state index is 12.1. The van der Waals surface area contributed by atoms with Gasteiger partial charge in [0.25, 0.3) is 0 Å². The molecule has 2 aliphatic carbocycles. The highest BCUT2D eigenvalue weighted by atomic mass is 32.1. The molecule has 1 heterocycles. The van der Waals surface area contributed by atoms with Crippen LogP contribution >= 0.6 is 11.3 Å². The van der Waals surface area contributed by atoms with Gasteiger partial charge in [0.05, 0.1) is 5.56 Å². The maximum absolute atomic E-state index is 12.1. The first-order valence-corrected chi connectivity index (χ1v) is 9.69. The van der Waals surface area contributed by atoms with Gasteiger partial charge in [0.2, 0.25) is 0 Å². The van der Waals surface area contributed by atoms with Crippen LogP contribution in [0.2, 0.25) is 0 Å². The first-order chi connectivity index (χ1) is 11.1. The van der Waals surface area contributed by atoms with E-state index in [1.807, 2.05) is 7.05 Å². The van der Waals surface area contributed by atoms with E-state index in [-0.39, 0.29) is 10.8 Å². The summed E-state index contributed by atoms with van der Waals surface area (Å²) in [4.78, 5) is 14.5. The van der Waals surface area contributed by atoms with Crippen molar-refractivity contribution >= 4 is 22.9 Å². The Morgan fingerprint density at radius 2 is 1.88 bits per heavy atom. The lowest BCUT2D eigenvalue weighted by Gasteiger charge is -2.29. The number of nitrogens with one attached hydrogen (secondary N) is 1. The molecule has 24 heavy (non-hydrogen) atoms. The molecule has 1 aromatic heterocycles. The fourth-order valence-corrected chi connectivity index (χ4v) is 5.73. The molecule has 0 saturated carbocycles. The topological polar surface area (TPSA) is 49.3 Å². The number of likely N-dealkylation sites (N-methyl/N-ethyl adjacent to an activating group) is 1. The lowest BCUT2D eigenvalue weighted by atomic mass is 9.75. The molecular weight excluding hydrogens is 318 g/mol. The summed E-state index contributed by atoms with van der Waals surface area (Å²) in [5.41, 5.74) is 4.82. The normalized spacial score (nSPS) is 21.9. The number of carboxylic acids is 1. The van der Waals surface area contributed by atoms with Crippen LogP contribution in [0.1, 0.15) is 72.6 Å². The Bertz CT molecular complexity index is 709. The highest BCUT2D eigenvalue weighted by Gasteiger charge is 2.37. The number of fused-ring (bicyclic) bond motifs is 1. The van der Waals surface area contributed by atoms with Crippen molar-refractivity contribution in [3.05, 3.63) is 26.5 Å². The number of hydrogen-bond acceptors (Lipinski definition) is 3. The monoisotopic (exact) mass is 347 g/mol. The summed E-state index contributed by atoms with van der Waals surface area (Å²) in [6.07, 6.45) is 5.08. The van der Waals surface area contributed by atoms with E-state index in [0.29, 0.717) is 5.56 Å². The van der Waals surface area contributed by atoms with Crippen LogP contribution in [0.15, 0.2) is 5.57 Å². The molecule has 0 bridgehead atoms. The number of aryl methyl sites for hydroxylation is 1. The summed E-state index contributed by atoms with van der Waals surface area (Å²) in [7, 11) is 1.97. The standard InChI is InChI=1S/C20H29NO2S/c1-19(2)7-6-15-14(10-19)16(18(22)23)17(24-15)13-9-20(3,4)8-12(13)11-21-5/h21H,6-11H2,1-5H3,(H,22,23). The van der Waals surface area contributed by atoms with E-state index < -0.39 is 5.97 Å². The van der Waals surface area contributed by atoms with Gasteiger partial charge in [0.1, 0.15) is 0 Å². The molecule has 0 saturated heterocycles. The molecule has 132 valence electrons. The second-order valence-electron chi connectivity index (χ2n) is 8.98. The number of thiophene rings is 1. The van der Waals surface area contributed by atoms with E-state index in [2.05, 4.69) is 33.0 Å². The average molecular weight is 348 g/mol. The maximum Gasteiger partial charge on any atom is 0.337 e. The Hall–Kier alpha value is -1.13. The van der Waals surface area contributed by atoms with E-state index in [9.17, 15) is 9.90 Å². The van der Waals surface area contributed by atoms with Crippen molar-refractivity contribution in [3.63, 3.8) is 0 Å². The lowest BCUT2D eigenvalue weighted by molar-refractivity contribution is 0.0695. The number of allylic oxidation sites excluding steroid dienone is 1. The van der Waals surface area contributed by atoms with Gasteiger partial charge in [0, 0.05) is 16.3 Å². The van der Waals surface area contributed by atoms with Crippen LogP contribution in [-0.2, 0) is 12.8 Å². The average Bonchev–Trinajstić information content (AvgIpc) is 2.94. The second kappa shape index (κ2) is 5.99. The largest absolute Gasteiger partial charge is 0.478 e. The molecule has 0 amide bonds. The van der Waals surface area contributed by atoms with Crippen molar-refractivity contribution in [3.8, 4) is 0 Å². The van der Waals surface area contributed by atoms with E-state index in [1.165, 1.54) is 16.0 Å². The molecule has 0 spiro atoms. The molecule has 3 nitrogen and oxygen atoms in total. The molecule has 0 aromatic carbocycles. The Kier molecular flexibility index (Phi) is 4.42. The minimum Gasteiger partial charge on any atom is -0.478 e. The van der Waals surface area contributed by atoms with Crippen LogP contribution < -0.4 is 5.32 Å². The van der Waals surface area contributed by atoms with Gasteiger partial charge >= 0.3 is 5.97 Å². The van der Waals surface area contributed by atoms with Crippen molar-refractivity contribution in [1.29, 1.82) is 0 Å². The predicted octanol–water partition coefficient (Wildman–Crippen LogP) is 4.75. The zero-order chi connectivity index (χ0) is 17.7. The number of aromatic carboxylic acids is 1. The summed E-state index contributed by atoms with van der Waals surface area (Å²) in [6.45, 7) is 9.93. The first-order valence-electron chi connectivity index (χ1n) is 8.87. The number of hydrogen-bond donors (Lipinski definition) is 2. The predicted molar refractivity (Wildman–Crippen MR) is 101 cm³/mol. The highest BCUT2D eigenvalue weighted by molar-refractivity contribution is 7.13. The summed E-state index contributed by atoms with van der Waals surface area (Å²) in [5.74, 6) is -0.749. The third-order valence-electron chi connectivity index (χ3n) is 5.43. The smallest absolute Gasteiger partial charge is 0.337 e. The lowest BCUT2D eigenvalue weighted by Crippen LogP contribution is -2.22. The molecule has 0 aliphatic heterocycles. The van der Waals surface area contributed by atoms with Gasteiger partial charge in [0.15, 0.2) is 0 Å². The number of carbonyl (C=O) groups is 1. The van der Waals surface area contributed by atoms with E-state index in [4.69, 9.17) is 0 Å². The molecule has 0 atom stereocenters. The van der Waals surface area contributed by atoms with Crippen LogP contribution in [0.4, 0.5) is 0 Å². The summed E-state index contributed by atoms with van der Waals surface area (Å²) in [6, 6.07) is 0. The third kappa shape index (κ3) is 3.18. The summed E-state index contributed by atoms with van der Waals surface area (Å²) >= 11 is 1.75. The zero-order valence-corrected chi connectivity index (χ0v) is 16.3. The van der Waals surface area contributed by atoms with Gasteiger partial charge in [-0.2, -0.15) is 0 Å². The second-order valence-corrected chi connectivity index (χ2v) is 10.1. The fourth-order valence-electron chi connectivity index (χ4n) is 4.33. The minimum absolute atomic E-state index is 0.201. The van der Waals surface area contributed by atoms with E-state index >= 15 is 0 Å². The molecular formula is C20H29NO2S. The van der Waals surface area contributed by atoms with Crippen LogP contribution in [0.25, 0.3) is 5.57 Å². The quantitative estimate of drug-likeness (QED) is 0.826. The van der Waals surface area contributed by atoms with Crippen molar-refractivity contribution in [2.45, 2.75) is 59.8 Å². The summed E-state index contributed by atoms with van der Waals surface area (Å²) < 4.78 is 0. The van der Waals surface area contributed by atoms with Crippen LogP contribution in [-0.4, -0.2) is 24.7 Å². The highest BCUT2D eigenvalue weighted by Crippen LogP contribution is 2.51. The van der Waals surface area contributed by atoms with Gasteiger partial charge in [-0.05, 0) is 61.1 Å². The molecule has 2 N–H and O–H groups in total. The van der Waals surface area contributed by atoms with Gasteiger partial charge in [-0.1, -0.05) is 33.3 Å². The van der Waals surface area contributed by atoms with Crippen molar-refractivity contribution < 1.29 is 9.90 Å². The van der Waals surface area contributed by atoms with Crippen LogP contribution in [0, 0.1) is 10.8 Å². The van der Waals surface area contributed by atoms with Crippen molar-refractivity contribution in [2.75, 3.05) is 13.6 Å². The molecule has 1 aromatic rings. The Morgan fingerprint density at radius 3 is 2.50 bits per heavy atom. The number of rotatable bonds is 4. The molecule has 0 radical (unpaired) electrons. The molecule has 0 unspecified atom stereocenters. The first kappa shape index (κ1) is 17.7. The molecule has 3 rings (SSSR count). The van der Waals surface area contributed by atoms with Gasteiger partial charge in [-0.15, -0.1) is 11.3 Å². The van der Waals surface area contributed by atoms with E-state index in [0.717, 1.165) is 49.1 Å². The van der Waals surface area contributed by atoms with Crippen LogP contribution in [0.3, 0.4) is 0 Å². The zero-order valence-electron chi connectivity index (χ0n) is 15.5. The van der Waals surface area contributed by atoms with Crippen molar-refractivity contribution in [2.24, 2.45) is 10.8 Å².